The van der Waals surface area contributed by atoms with Gasteiger partial charge in [0.15, 0.2) is 5.78 Å². The molecular weight excluding hydrogens is 611 g/mol. The molecule has 0 aliphatic heterocycles. The highest BCUT2D eigenvalue weighted by Gasteiger charge is 2.51. The summed E-state index contributed by atoms with van der Waals surface area (Å²) in [6.07, 6.45) is 0. The van der Waals surface area contributed by atoms with E-state index in [1.54, 1.807) is 0 Å². The van der Waals surface area contributed by atoms with E-state index in [-0.39, 0.29) is 5.78 Å². The summed E-state index contributed by atoms with van der Waals surface area (Å²) in [5.41, 5.74) is 15.7. The summed E-state index contributed by atoms with van der Waals surface area (Å²) in [6.45, 7) is 0. The smallest absolute Gasteiger partial charge is 0.235 e. The first-order valence-electron chi connectivity index (χ1n) is 17.1. The van der Waals surface area contributed by atoms with Crippen LogP contribution in [0.5, 0.6) is 0 Å². The second-order valence-corrected chi connectivity index (χ2v) is 13.6. The topological polar surface area (TPSA) is 47.8 Å². The van der Waals surface area contributed by atoms with E-state index in [1.807, 2.05) is 42.5 Å². The van der Waals surface area contributed by atoms with Crippen molar-refractivity contribution < 1.29 is 4.79 Å². The van der Waals surface area contributed by atoms with Crippen molar-refractivity contribution in [3.8, 4) is 39.5 Å². The zero-order chi connectivity index (χ0) is 32.7. The molecular formula is C46H25N3O. The van der Waals surface area contributed by atoms with Gasteiger partial charge in [-0.15, -0.1) is 0 Å². The maximum Gasteiger partial charge on any atom is 0.235 e. The summed E-state index contributed by atoms with van der Waals surface area (Å²) in [7, 11) is 0. The molecule has 0 radical (unpaired) electrons. The minimum Gasteiger partial charge on any atom is -0.289 e. The molecule has 2 aromatic heterocycles. The number of carbonyl (C=O) groups excluding carboxylic acids is 1. The van der Waals surface area contributed by atoms with Crippen LogP contribution in [-0.4, -0.2) is 20.3 Å². The first-order valence-corrected chi connectivity index (χ1v) is 17.1. The first-order chi connectivity index (χ1) is 24.7. The van der Waals surface area contributed by atoms with E-state index in [0.29, 0.717) is 17.1 Å². The minimum absolute atomic E-state index is 0.0180. The molecule has 0 N–H and O–H groups in total. The number of para-hydroxylation sites is 1. The fraction of sp³-hybridized carbons (Fsp3) is 0.0217. The first kappa shape index (κ1) is 26.3. The van der Waals surface area contributed by atoms with E-state index < -0.39 is 5.41 Å². The number of rotatable bonds is 1. The zero-order valence-electron chi connectivity index (χ0n) is 26.7. The Hall–Kier alpha value is -6.65. The molecule has 12 rings (SSSR count). The lowest BCUT2D eigenvalue weighted by atomic mass is 9.70. The lowest BCUT2D eigenvalue weighted by Gasteiger charge is -2.30. The Morgan fingerprint density at radius 1 is 0.440 bits per heavy atom. The van der Waals surface area contributed by atoms with Crippen molar-refractivity contribution in [2.45, 2.75) is 5.41 Å². The molecule has 9 aromatic rings. The number of aromatic nitrogens is 3. The van der Waals surface area contributed by atoms with Crippen molar-refractivity contribution in [2.75, 3.05) is 0 Å². The van der Waals surface area contributed by atoms with Gasteiger partial charge in [0, 0.05) is 32.8 Å². The molecule has 0 bridgehead atoms. The summed E-state index contributed by atoms with van der Waals surface area (Å²) in [5.74, 6) is 0.612. The number of hydrogen-bond donors (Lipinski definition) is 0. The van der Waals surface area contributed by atoms with Gasteiger partial charge in [-0.25, -0.2) is 9.97 Å². The Balaban J connectivity index is 1.23. The third-order valence-corrected chi connectivity index (χ3v) is 11.4. The van der Waals surface area contributed by atoms with Crippen molar-refractivity contribution in [2.24, 2.45) is 0 Å². The highest BCUT2D eigenvalue weighted by Crippen LogP contribution is 2.63. The van der Waals surface area contributed by atoms with Crippen molar-refractivity contribution in [3.05, 3.63) is 185 Å². The van der Waals surface area contributed by atoms with Gasteiger partial charge in [-0.1, -0.05) is 127 Å². The Morgan fingerprint density at radius 3 is 1.74 bits per heavy atom. The number of nitrogens with zero attached hydrogens (tertiary/aromatic N) is 3. The normalized spacial score (nSPS) is 14.2. The zero-order valence-corrected chi connectivity index (χ0v) is 26.7. The summed E-state index contributed by atoms with van der Waals surface area (Å²) >= 11 is 0. The van der Waals surface area contributed by atoms with E-state index in [1.165, 1.54) is 44.5 Å². The highest BCUT2D eigenvalue weighted by atomic mass is 16.1. The highest BCUT2D eigenvalue weighted by molar-refractivity contribution is 6.25. The van der Waals surface area contributed by atoms with Crippen molar-refractivity contribution in [1.29, 1.82) is 0 Å². The molecule has 1 spiro atoms. The Morgan fingerprint density at radius 2 is 1.02 bits per heavy atom. The van der Waals surface area contributed by atoms with E-state index in [0.717, 1.165) is 44.0 Å². The predicted molar refractivity (Wildman–Crippen MR) is 199 cm³/mol. The summed E-state index contributed by atoms with van der Waals surface area (Å²) in [6, 6.07) is 53.8. The number of carbonyl (C=O) groups is 1. The summed E-state index contributed by atoms with van der Waals surface area (Å²) < 4.78 is 2.23. The molecule has 230 valence electrons. The minimum atomic E-state index is -0.459. The molecule has 0 atom stereocenters. The molecule has 0 amide bonds. The molecule has 0 fully saturated rings. The van der Waals surface area contributed by atoms with E-state index in [2.05, 4.69) is 114 Å². The molecule has 0 saturated heterocycles. The molecule has 3 aliphatic rings. The SMILES string of the molecule is O=C1c2ccccc2-c2nc(-n3c4ccccc4c4cc5c(cc43)C3(c4ccccc4-c4ccccc43)c3ccccc3-5)nc3cccc1c23. The fourth-order valence-electron chi connectivity index (χ4n) is 9.46. The van der Waals surface area contributed by atoms with Gasteiger partial charge >= 0.3 is 0 Å². The number of ketones is 1. The van der Waals surface area contributed by atoms with Gasteiger partial charge in [0.25, 0.3) is 0 Å². The fourth-order valence-corrected chi connectivity index (χ4v) is 9.46. The number of fused-ring (bicyclic) bond motifs is 15. The second kappa shape index (κ2) is 9.07. The summed E-state index contributed by atoms with van der Waals surface area (Å²) in [5, 5.41) is 3.13. The van der Waals surface area contributed by atoms with Gasteiger partial charge < -0.3 is 0 Å². The van der Waals surface area contributed by atoms with Crippen LogP contribution >= 0.6 is 0 Å². The standard InChI is InChI=1S/C46H25N3O/c50-44-31-17-2-1-16-30(31)43-42-32(44)18-11-22-39(42)47-45(48-43)49-40-23-10-6-15-29(40)34-24-33-28-14-5-9-21-37(28)46(38(33)25-41(34)49)35-19-7-3-12-26(35)27-13-4-8-20-36(27)46/h1-25H. The van der Waals surface area contributed by atoms with Crippen LogP contribution in [0.3, 0.4) is 0 Å². The van der Waals surface area contributed by atoms with Gasteiger partial charge in [-0.3, -0.25) is 9.36 Å². The Labute approximate surface area is 286 Å². The van der Waals surface area contributed by atoms with Crippen LogP contribution in [0.25, 0.3) is 72.2 Å². The molecule has 50 heavy (non-hydrogen) atoms. The Bertz CT molecular complexity index is 2980. The molecule has 0 unspecified atom stereocenters. The van der Waals surface area contributed by atoms with E-state index in [4.69, 9.17) is 9.97 Å². The maximum absolute atomic E-state index is 13.6. The van der Waals surface area contributed by atoms with E-state index >= 15 is 0 Å². The van der Waals surface area contributed by atoms with Crippen molar-refractivity contribution >= 4 is 38.5 Å². The van der Waals surface area contributed by atoms with Crippen molar-refractivity contribution in [1.82, 2.24) is 14.5 Å². The molecule has 4 heteroatoms. The van der Waals surface area contributed by atoms with Crippen LogP contribution < -0.4 is 0 Å². The average Bonchev–Trinajstić information content (AvgIpc) is 3.77. The van der Waals surface area contributed by atoms with Crippen LogP contribution in [0.15, 0.2) is 152 Å². The average molecular weight is 636 g/mol. The third kappa shape index (κ3) is 2.98. The van der Waals surface area contributed by atoms with Gasteiger partial charge in [0.2, 0.25) is 5.95 Å². The molecule has 3 aliphatic carbocycles. The quantitative estimate of drug-likeness (QED) is 0.180. The van der Waals surface area contributed by atoms with Crippen LogP contribution in [0.1, 0.15) is 38.2 Å². The lowest BCUT2D eigenvalue weighted by molar-refractivity contribution is 0.104. The number of hydrogen-bond acceptors (Lipinski definition) is 3. The van der Waals surface area contributed by atoms with Gasteiger partial charge in [-0.05, 0) is 68.8 Å². The molecule has 0 saturated carbocycles. The molecule has 7 aromatic carbocycles. The van der Waals surface area contributed by atoms with Crippen LogP contribution in [0.2, 0.25) is 0 Å². The Kier molecular flexibility index (Phi) is 4.77. The predicted octanol–water partition coefficient (Wildman–Crippen LogP) is 10.3. The van der Waals surface area contributed by atoms with Crippen LogP contribution in [-0.2, 0) is 5.41 Å². The van der Waals surface area contributed by atoms with Gasteiger partial charge in [-0.2, -0.15) is 0 Å². The molecule has 2 heterocycles. The largest absolute Gasteiger partial charge is 0.289 e. The third-order valence-electron chi connectivity index (χ3n) is 11.4. The van der Waals surface area contributed by atoms with Gasteiger partial charge in [0.05, 0.1) is 27.7 Å². The second-order valence-electron chi connectivity index (χ2n) is 13.6. The monoisotopic (exact) mass is 635 g/mol. The lowest BCUT2D eigenvalue weighted by Crippen LogP contribution is -2.25. The van der Waals surface area contributed by atoms with Crippen molar-refractivity contribution in [3.63, 3.8) is 0 Å². The molecule has 4 nitrogen and oxygen atoms in total. The van der Waals surface area contributed by atoms with Gasteiger partial charge in [0.1, 0.15) is 0 Å². The maximum atomic E-state index is 13.6. The van der Waals surface area contributed by atoms with E-state index in [9.17, 15) is 4.79 Å². The van der Waals surface area contributed by atoms with Crippen LogP contribution in [0, 0.1) is 0 Å². The number of benzene rings is 7. The summed E-state index contributed by atoms with van der Waals surface area (Å²) in [4.78, 5) is 24.2. The van der Waals surface area contributed by atoms with Crippen LogP contribution in [0.4, 0.5) is 0 Å².